The first-order chi connectivity index (χ1) is 3.97. The minimum Gasteiger partial charge on any atom is -0.314 e. The number of aryl methyl sites for hydroxylation is 1. The first-order valence-corrected chi connectivity index (χ1v) is 2.65. The Morgan fingerprint density at radius 1 is 1.75 bits per heavy atom. The van der Waals surface area contributed by atoms with Crippen molar-refractivity contribution in [2.45, 2.75) is 12.8 Å². The van der Waals surface area contributed by atoms with Gasteiger partial charge in [-0.1, -0.05) is 0 Å². The van der Waals surface area contributed by atoms with Gasteiger partial charge in [-0.2, -0.15) is 0 Å². The van der Waals surface area contributed by atoms with Crippen LogP contribution in [0.15, 0.2) is 6.20 Å². The Bertz CT molecular complexity index is 172. The normalized spacial score (nSPS) is 16.5. The number of hydrogen-bond donors (Lipinski definition) is 0. The van der Waals surface area contributed by atoms with E-state index in [1.54, 1.807) is 0 Å². The van der Waals surface area contributed by atoms with Gasteiger partial charge in [-0.25, -0.2) is 4.98 Å². The maximum absolute atomic E-state index is 3.82. The highest BCUT2D eigenvalue weighted by molar-refractivity contribution is 5.07. The Kier molecular flexibility index (Phi) is 0.692. The monoisotopic (exact) mass is 105 g/mol. The second-order valence-electron chi connectivity index (χ2n) is 1.84. The highest BCUT2D eigenvalue weighted by atomic mass is 15.1. The zero-order chi connectivity index (χ0) is 5.40. The van der Waals surface area contributed by atoms with E-state index in [0.717, 1.165) is 12.8 Å². The van der Waals surface area contributed by atoms with Gasteiger partial charge in [0.2, 0.25) is 0 Å². The lowest BCUT2D eigenvalue weighted by molar-refractivity contribution is 0.943. The molecule has 1 aliphatic heterocycles. The molecule has 0 spiro atoms. The molecule has 0 bridgehead atoms. The van der Waals surface area contributed by atoms with E-state index >= 15 is 0 Å². The van der Waals surface area contributed by atoms with Crippen molar-refractivity contribution in [2.24, 2.45) is 0 Å². The molecule has 0 N–H and O–H groups in total. The first-order valence-electron chi connectivity index (χ1n) is 2.65. The summed E-state index contributed by atoms with van der Waals surface area (Å²) in [6, 6.07) is 0. The molecule has 1 aromatic rings. The third-order valence-corrected chi connectivity index (χ3v) is 1.31. The van der Waals surface area contributed by atoms with E-state index in [-0.39, 0.29) is 0 Å². The van der Waals surface area contributed by atoms with Crippen molar-refractivity contribution in [3.63, 3.8) is 0 Å². The molecule has 0 amide bonds. The summed E-state index contributed by atoms with van der Waals surface area (Å²) in [5.41, 5.74) is 1.23. The number of nitrogens with zero attached hydrogens (tertiary/aromatic N) is 2. The smallest absolute Gasteiger partial charge is 0.177 e. The molecule has 0 aliphatic carbocycles. The Morgan fingerprint density at radius 3 is 3.62 bits per heavy atom. The van der Waals surface area contributed by atoms with E-state index < -0.39 is 0 Å². The van der Waals surface area contributed by atoms with E-state index in [9.17, 15) is 0 Å². The van der Waals surface area contributed by atoms with Gasteiger partial charge in [-0.15, -0.1) is 0 Å². The molecule has 0 atom stereocenters. The molecule has 0 fully saturated rings. The van der Waals surface area contributed by atoms with Crippen molar-refractivity contribution < 1.29 is 0 Å². The lowest BCUT2D eigenvalue weighted by Crippen LogP contribution is -1.84. The van der Waals surface area contributed by atoms with E-state index in [1.807, 2.05) is 10.8 Å². The van der Waals surface area contributed by atoms with Gasteiger partial charge in [-0.05, 0) is 12.8 Å². The predicted molar refractivity (Wildman–Crippen MR) is 28.0 cm³/mol. The summed E-state index contributed by atoms with van der Waals surface area (Å²) >= 11 is 0. The van der Waals surface area contributed by atoms with Gasteiger partial charge in [0.1, 0.15) is 0 Å². The van der Waals surface area contributed by atoms with E-state index in [1.165, 1.54) is 5.69 Å². The average molecular weight is 105 g/mol. The summed E-state index contributed by atoms with van der Waals surface area (Å²) < 4.78 is 1.83. The Labute approximate surface area is 48.2 Å². The fraction of sp³-hybridized carbons (Fsp3) is 0.333. The second kappa shape index (κ2) is 1.34. The standard InChI is InChI=1S/C6H5N2/c1-2-6-4-7-5-8(6)3-1/h4H,1-2H2. The molecule has 1 aliphatic rings. The number of aromatic nitrogens is 2. The largest absolute Gasteiger partial charge is 0.314 e. The summed E-state index contributed by atoms with van der Waals surface area (Å²) in [6.45, 7) is 3.08. The van der Waals surface area contributed by atoms with Gasteiger partial charge in [-0.3, -0.25) is 0 Å². The van der Waals surface area contributed by atoms with Crippen LogP contribution < -0.4 is 0 Å². The minimum atomic E-state index is 1.02. The van der Waals surface area contributed by atoms with Crippen molar-refractivity contribution in [1.29, 1.82) is 0 Å². The average Bonchev–Trinajstić information content (AvgIpc) is 2.15. The molecule has 0 saturated carbocycles. The molecule has 3 radical (unpaired) electrons. The molecule has 2 nitrogen and oxygen atoms in total. The van der Waals surface area contributed by atoms with Gasteiger partial charge in [0.05, 0.1) is 6.54 Å². The molecule has 8 heavy (non-hydrogen) atoms. The molecule has 2 rings (SSSR count). The van der Waals surface area contributed by atoms with Crippen LogP contribution in [0.25, 0.3) is 0 Å². The zero-order valence-electron chi connectivity index (χ0n) is 4.39. The highest BCUT2D eigenvalue weighted by Crippen LogP contribution is 2.12. The fourth-order valence-electron chi connectivity index (χ4n) is 0.892. The molecule has 2 heterocycles. The summed E-state index contributed by atoms with van der Waals surface area (Å²) in [5, 5.41) is 0. The summed E-state index contributed by atoms with van der Waals surface area (Å²) in [6.07, 6.45) is 6.71. The summed E-state index contributed by atoms with van der Waals surface area (Å²) in [5.74, 6) is 0. The van der Waals surface area contributed by atoms with Crippen molar-refractivity contribution >= 4 is 0 Å². The summed E-state index contributed by atoms with van der Waals surface area (Å²) in [7, 11) is 0. The number of rotatable bonds is 0. The van der Waals surface area contributed by atoms with Crippen molar-refractivity contribution in [3.8, 4) is 0 Å². The molecular formula is C6H5N2. The Hall–Kier alpha value is -0.790. The summed E-state index contributed by atoms with van der Waals surface area (Å²) in [4.78, 5) is 3.82. The topological polar surface area (TPSA) is 17.8 Å². The lowest BCUT2D eigenvalue weighted by Gasteiger charge is -1.85. The minimum absolute atomic E-state index is 1.02. The van der Waals surface area contributed by atoms with Crippen LogP contribution in [-0.2, 0) is 6.42 Å². The molecular weight excluding hydrogens is 100 g/mol. The van der Waals surface area contributed by atoms with Crippen LogP contribution in [0.3, 0.4) is 0 Å². The molecule has 39 valence electrons. The number of hydrogen-bond acceptors (Lipinski definition) is 1. The van der Waals surface area contributed by atoms with Crippen LogP contribution in [0.1, 0.15) is 12.1 Å². The maximum Gasteiger partial charge on any atom is 0.177 e. The van der Waals surface area contributed by atoms with E-state index in [4.69, 9.17) is 0 Å². The van der Waals surface area contributed by atoms with Crippen LogP contribution in [0.4, 0.5) is 0 Å². The van der Waals surface area contributed by atoms with Crippen molar-refractivity contribution in [3.05, 3.63) is 24.8 Å². The van der Waals surface area contributed by atoms with Crippen LogP contribution in [0.2, 0.25) is 0 Å². The van der Waals surface area contributed by atoms with E-state index in [2.05, 4.69) is 17.9 Å². The quantitative estimate of drug-likeness (QED) is 0.470. The van der Waals surface area contributed by atoms with Gasteiger partial charge in [0.25, 0.3) is 0 Å². The van der Waals surface area contributed by atoms with E-state index in [0.29, 0.717) is 0 Å². The third-order valence-electron chi connectivity index (χ3n) is 1.31. The van der Waals surface area contributed by atoms with Crippen LogP contribution in [-0.4, -0.2) is 9.55 Å². The van der Waals surface area contributed by atoms with Gasteiger partial charge in [0, 0.05) is 11.9 Å². The third kappa shape index (κ3) is 0.399. The second-order valence-corrected chi connectivity index (χ2v) is 1.84. The van der Waals surface area contributed by atoms with Gasteiger partial charge in [0.15, 0.2) is 6.33 Å². The fourth-order valence-corrected chi connectivity index (χ4v) is 0.892. The number of imidazole rings is 1. The first kappa shape index (κ1) is 4.13. The SMILES string of the molecule is [C]1CCc2cn[c]n21. The van der Waals surface area contributed by atoms with Crippen LogP contribution in [0.5, 0.6) is 0 Å². The van der Waals surface area contributed by atoms with Crippen LogP contribution in [0, 0.1) is 12.9 Å². The highest BCUT2D eigenvalue weighted by Gasteiger charge is 2.09. The van der Waals surface area contributed by atoms with Crippen molar-refractivity contribution in [1.82, 2.24) is 9.55 Å². The Balaban J connectivity index is 2.54. The Morgan fingerprint density at radius 2 is 2.75 bits per heavy atom. The molecule has 0 unspecified atom stereocenters. The number of fused-ring (bicyclic) bond motifs is 1. The molecule has 0 saturated heterocycles. The lowest BCUT2D eigenvalue weighted by atomic mass is 10.3. The molecule has 0 aromatic carbocycles. The van der Waals surface area contributed by atoms with Crippen LogP contribution >= 0.6 is 0 Å². The maximum atomic E-state index is 3.82. The molecule has 1 aromatic heterocycles. The van der Waals surface area contributed by atoms with Gasteiger partial charge >= 0.3 is 0 Å². The predicted octanol–water partition coefficient (Wildman–Crippen LogP) is 0.516. The zero-order valence-corrected chi connectivity index (χ0v) is 4.39. The van der Waals surface area contributed by atoms with Gasteiger partial charge < -0.3 is 4.57 Å². The van der Waals surface area contributed by atoms with Crippen molar-refractivity contribution in [2.75, 3.05) is 0 Å². The molecule has 2 heteroatoms.